The van der Waals surface area contributed by atoms with E-state index in [1.54, 1.807) is 18.2 Å². The average molecular weight is 752 g/mol. The number of nitrogens with zero attached hydrogens (tertiary/aromatic N) is 1. The monoisotopic (exact) mass is 751 g/mol. The first kappa shape index (κ1) is 34.3. The van der Waals surface area contributed by atoms with Crippen LogP contribution in [0.15, 0.2) is 78.9 Å². The number of fused-ring (bicyclic) bond motifs is 6. The molecule has 0 spiro atoms. The van der Waals surface area contributed by atoms with Gasteiger partial charge in [0.2, 0.25) is 12.5 Å². The number of hydrogen-bond acceptors (Lipinski definition) is 9. The number of esters is 1. The van der Waals surface area contributed by atoms with Crippen LogP contribution in [-0.4, -0.2) is 56.6 Å². The number of ether oxygens (including phenoxy) is 6. The van der Waals surface area contributed by atoms with E-state index >= 15 is 0 Å². The van der Waals surface area contributed by atoms with Crippen molar-refractivity contribution in [3.63, 3.8) is 0 Å². The number of rotatable bonds is 7. The van der Waals surface area contributed by atoms with Gasteiger partial charge in [-0.1, -0.05) is 30.3 Å². The number of hydrogen-bond donors (Lipinski definition) is 2. The maximum absolute atomic E-state index is 14.5. The number of para-hydroxylation sites is 1. The molecular weight excluding hydrogens is 719 g/mol. The Morgan fingerprint density at radius 3 is 2.22 bits per heavy atom. The first-order valence-corrected chi connectivity index (χ1v) is 17.4. The predicted octanol–water partition coefficient (Wildman–Crippen LogP) is 7.56. The molecule has 280 valence electrons. The van der Waals surface area contributed by atoms with Gasteiger partial charge in [0.25, 0.3) is 5.91 Å². The van der Waals surface area contributed by atoms with Gasteiger partial charge in [0.1, 0.15) is 5.69 Å². The Hall–Kier alpha value is -6.44. The Balaban J connectivity index is 1.17. The van der Waals surface area contributed by atoms with Gasteiger partial charge in [-0.3, -0.25) is 9.59 Å². The van der Waals surface area contributed by atoms with Gasteiger partial charge < -0.3 is 38.7 Å². The highest BCUT2D eigenvalue weighted by Gasteiger charge is 2.53. The number of carbonyl (C=O) groups is 2. The SMILES string of the molecule is COc1cc([C@@H]2c3cc4c(cc3[C@@H](NC(=O)c3cc5c([nH]c6ccccc65)c(-c5ccc(C(F)(F)F)cc5)n3)[C@H]3COC(=O)[C@H]23)OCO4)cc(OC)c1OC. The van der Waals surface area contributed by atoms with Crippen LogP contribution < -0.4 is 29.0 Å². The molecule has 55 heavy (non-hydrogen) atoms. The third kappa shape index (κ3) is 5.53. The van der Waals surface area contributed by atoms with Crippen molar-refractivity contribution in [2.75, 3.05) is 34.7 Å². The summed E-state index contributed by atoms with van der Waals surface area (Å²) in [6.07, 6.45) is -4.52. The fourth-order valence-corrected chi connectivity index (χ4v) is 8.23. The van der Waals surface area contributed by atoms with Gasteiger partial charge >= 0.3 is 12.1 Å². The minimum absolute atomic E-state index is 0.000279. The third-order valence-electron chi connectivity index (χ3n) is 10.7. The number of pyridine rings is 1. The van der Waals surface area contributed by atoms with Crippen molar-refractivity contribution in [2.45, 2.75) is 18.1 Å². The Kier molecular flexibility index (Phi) is 8.02. The van der Waals surface area contributed by atoms with E-state index in [-0.39, 0.29) is 19.1 Å². The first-order valence-electron chi connectivity index (χ1n) is 17.4. The van der Waals surface area contributed by atoms with Crippen molar-refractivity contribution in [3.05, 3.63) is 107 Å². The second-order valence-corrected chi connectivity index (χ2v) is 13.6. The fraction of sp³-hybridized carbons (Fsp3) is 0.244. The highest BCUT2D eigenvalue weighted by atomic mass is 19.4. The number of amides is 1. The van der Waals surface area contributed by atoms with Crippen molar-refractivity contribution in [2.24, 2.45) is 11.8 Å². The topological polar surface area (TPSA) is 130 Å². The molecular formula is C41H32F3N3O8. The van der Waals surface area contributed by atoms with E-state index in [1.807, 2.05) is 36.4 Å². The molecule has 2 aromatic heterocycles. The molecule has 1 aliphatic carbocycles. The molecule has 4 heterocycles. The summed E-state index contributed by atoms with van der Waals surface area (Å²) in [5.41, 5.74) is 3.34. The number of aromatic nitrogens is 2. The lowest BCUT2D eigenvalue weighted by Crippen LogP contribution is -2.43. The normalized spacial score (nSPS) is 19.9. The zero-order valence-corrected chi connectivity index (χ0v) is 29.6. The van der Waals surface area contributed by atoms with E-state index in [2.05, 4.69) is 10.3 Å². The molecule has 0 unspecified atom stereocenters. The number of methoxy groups -OCH3 is 3. The quantitative estimate of drug-likeness (QED) is 0.159. The van der Waals surface area contributed by atoms with Crippen LogP contribution in [0.4, 0.5) is 13.2 Å². The van der Waals surface area contributed by atoms with Gasteiger partial charge in [-0.05, 0) is 65.2 Å². The molecule has 0 saturated carbocycles. The van der Waals surface area contributed by atoms with Gasteiger partial charge in [-0.2, -0.15) is 13.2 Å². The van der Waals surface area contributed by atoms with Gasteiger partial charge in [-0.25, -0.2) is 4.98 Å². The smallest absolute Gasteiger partial charge is 0.416 e. The number of nitrogens with one attached hydrogen (secondary N) is 2. The summed E-state index contributed by atoms with van der Waals surface area (Å²) >= 11 is 0. The summed E-state index contributed by atoms with van der Waals surface area (Å²) in [6, 6.07) is 20.3. The Bertz CT molecular complexity index is 2510. The van der Waals surface area contributed by atoms with E-state index in [0.717, 1.165) is 23.0 Å². The van der Waals surface area contributed by atoms with Gasteiger partial charge in [0.05, 0.1) is 56.7 Å². The molecule has 14 heteroatoms. The summed E-state index contributed by atoms with van der Waals surface area (Å²) in [5.74, 6) is -0.674. The standard InChI is InChI=1S/C41H32F3N3O8/c1-50-31-12-20(13-32(51-2)38(31)52-3)33-23-15-29-30(55-18-54-29)16-25(23)36(26-17-53-40(49)34(26)33)47-39(48)28-14-24-22-6-4-5-7-27(22)45-37(24)35(46-28)19-8-10-21(11-9-19)41(42,43)44/h4-16,26,33-34,36,45H,17-18H2,1-3H3,(H,47,48)/t26-,33+,34-,36+/m0/s1. The van der Waals surface area contributed by atoms with E-state index in [4.69, 9.17) is 33.4 Å². The number of alkyl halides is 3. The second-order valence-electron chi connectivity index (χ2n) is 13.6. The fourth-order valence-electron chi connectivity index (χ4n) is 8.23. The van der Waals surface area contributed by atoms with Crippen LogP contribution in [0.1, 0.15) is 44.7 Å². The minimum atomic E-state index is -4.52. The molecule has 0 bridgehead atoms. The van der Waals surface area contributed by atoms with Gasteiger partial charge in [-0.15, -0.1) is 0 Å². The van der Waals surface area contributed by atoms with Crippen molar-refractivity contribution >= 4 is 33.7 Å². The molecule has 1 fully saturated rings. The number of H-pyrrole nitrogens is 1. The molecule has 3 aliphatic rings. The summed E-state index contributed by atoms with van der Waals surface area (Å²) in [5, 5.41) is 4.64. The van der Waals surface area contributed by atoms with Crippen LogP contribution in [0.3, 0.4) is 0 Å². The van der Waals surface area contributed by atoms with Crippen molar-refractivity contribution < 1.29 is 51.2 Å². The lowest BCUT2D eigenvalue weighted by atomic mass is 9.65. The largest absolute Gasteiger partial charge is 0.493 e. The van der Waals surface area contributed by atoms with Crippen molar-refractivity contribution in [3.8, 4) is 40.0 Å². The number of aromatic amines is 1. The molecule has 2 N–H and O–H groups in total. The third-order valence-corrected chi connectivity index (χ3v) is 10.7. The van der Waals surface area contributed by atoms with Crippen LogP contribution >= 0.6 is 0 Å². The number of carbonyl (C=O) groups excluding carboxylic acids is 2. The first-order chi connectivity index (χ1) is 26.6. The zero-order valence-electron chi connectivity index (χ0n) is 29.6. The van der Waals surface area contributed by atoms with E-state index in [0.29, 0.717) is 67.6 Å². The van der Waals surface area contributed by atoms with Crippen molar-refractivity contribution in [1.29, 1.82) is 0 Å². The number of benzene rings is 4. The molecule has 9 rings (SSSR count). The molecule has 11 nitrogen and oxygen atoms in total. The van der Waals surface area contributed by atoms with Crippen LogP contribution in [-0.2, 0) is 15.7 Å². The Morgan fingerprint density at radius 2 is 1.55 bits per heavy atom. The maximum atomic E-state index is 14.5. The average Bonchev–Trinajstić information content (AvgIpc) is 3.92. The molecule has 4 aromatic carbocycles. The summed E-state index contributed by atoms with van der Waals surface area (Å²) in [6.45, 7) is 0.0231. The second kappa shape index (κ2) is 12.9. The highest BCUT2D eigenvalue weighted by Crippen LogP contribution is 2.55. The Morgan fingerprint density at radius 1 is 0.855 bits per heavy atom. The predicted molar refractivity (Wildman–Crippen MR) is 193 cm³/mol. The van der Waals surface area contributed by atoms with Crippen LogP contribution in [0.5, 0.6) is 28.7 Å². The zero-order chi connectivity index (χ0) is 38.2. The lowest BCUT2D eigenvalue weighted by molar-refractivity contribution is -0.141. The van der Waals surface area contributed by atoms with Crippen LogP contribution in [0.25, 0.3) is 33.1 Å². The van der Waals surface area contributed by atoms with Gasteiger partial charge in [0.15, 0.2) is 23.0 Å². The molecule has 0 radical (unpaired) electrons. The molecule has 6 aromatic rings. The number of cyclic esters (lactones) is 1. The molecule has 1 saturated heterocycles. The lowest BCUT2D eigenvalue weighted by Gasteiger charge is -2.39. The van der Waals surface area contributed by atoms with Crippen molar-refractivity contribution in [1.82, 2.24) is 15.3 Å². The van der Waals surface area contributed by atoms with E-state index < -0.39 is 47.4 Å². The van der Waals surface area contributed by atoms with Gasteiger partial charge in [0, 0.05) is 33.7 Å². The maximum Gasteiger partial charge on any atom is 0.416 e. The van der Waals surface area contributed by atoms with Crippen LogP contribution in [0.2, 0.25) is 0 Å². The molecule has 4 atom stereocenters. The summed E-state index contributed by atoms with van der Waals surface area (Å²) < 4.78 is 74.6. The van der Waals surface area contributed by atoms with E-state index in [1.165, 1.54) is 33.5 Å². The Labute approximate surface area is 311 Å². The highest BCUT2D eigenvalue weighted by molar-refractivity contribution is 6.13. The summed E-state index contributed by atoms with van der Waals surface area (Å²) in [7, 11) is 4.53. The molecule has 1 amide bonds. The summed E-state index contributed by atoms with van der Waals surface area (Å²) in [4.78, 5) is 36.3. The number of halogens is 3. The minimum Gasteiger partial charge on any atom is -0.493 e. The van der Waals surface area contributed by atoms with E-state index in [9.17, 15) is 22.8 Å². The molecule has 2 aliphatic heterocycles. The van der Waals surface area contributed by atoms with Crippen LogP contribution in [0, 0.1) is 11.8 Å².